The topological polar surface area (TPSA) is 212 Å². The van der Waals surface area contributed by atoms with E-state index in [4.69, 9.17) is 4.74 Å². The molecule has 5 amide bonds. The molecule has 6 aliphatic heterocycles. The number of amides is 5. The van der Waals surface area contributed by atoms with Crippen molar-refractivity contribution in [2.75, 3.05) is 72.4 Å². The highest BCUT2D eigenvalue weighted by Gasteiger charge is 2.59. The van der Waals surface area contributed by atoms with Gasteiger partial charge < -0.3 is 54.8 Å². The minimum atomic E-state index is -1.18. The molecule has 5 N–H and O–H groups in total. The monoisotopic (exact) mass is 2000 g/mol. The van der Waals surface area contributed by atoms with E-state index in [9.17, 15) is 111 Å². The highest BCUT2D eigenvalue weighted by molar-refractivity contribution is 5.89. The third-order valence-corrected chi connectivity index (χ3v) is 30.7. The lowest BCUT2D eigenvalue weighted by Gasteiger charge is -2.47. The van der Waals surface area contributed by atoms with Crippen LogP contribution in [-0.4, -0.2) is 152 Å². The molecule has 145 heavy (non-hydrogen) atoms. The Kier molecular flexibility index (Phi) is 31.0. The van der Waals surface area contributed by atoms with Gasteiger partial charge >= 0.3 is 0 Å². The Morgan fingerprint density at radius 2 is 0.538 bits per heavy atom. The van der Waals surface area contributed by atoms with Crippen molar-refractivity contribution in [2.24, 2.45) is 29.6 Å². The van der Waals surface area contributed by atoms with E-state index in [-0.39, 0.29) is 160 Å². The number of hydrogen-bond acceptors (Lipinski definition) is 11. The first-order chi connectivity index (χ1) is 69.3. The fraction of sp³-hybridized carbons (Fsp3) is 0.348. The fourth-order valence-corrected chi connectivity index (χ4v) is 24.6. The lowest BCUT2D eigenvalue weighted by molar-refractivity contribution is -0.136. The molecule has 0 bridgehead atoms. The Morgan fingerprint density at radius 3 is 0.855 bits per heavy atom. The zero-order valence-corrected chi connectivity index (χ0v) is 80.8. The number of carbonyl (C=O) groups is 5. The summed E-state index contributed by atoms with van der Waals surface area (Å²) < 4.78 is 204. The molecule has 10 aromatic rings. The largest absolute Gasteiger partial charge is 0.493 e. The van der Waals surface area contributed by atoms with Crippen LogP contribution in [0, 0.1) is 118 Å². The SMILES string of the molecule is CC(=O)N1CC(c2cc(F)ccc2F)=CC12c1cc(F)c(F)cc1CCC2CCO.CC(=O)N1CC(c2cc(F)ccc2F)=CC12c1cc(F)cc(C)c1OCC2CCO.CC(=O)N1CC(c2cc(F)ccc2F)=CC12c1cc(F)ccc1CCC2CCO.CC(=O)N1CC(c2cc(F)ccc2F)=CC12c1ccccc1CCC2CCO.CC(=O)N1CC(c2cc(F)ccc2F)=CC12c1ccccc1CCC2CCO. The first-order valence-electron chi connectivity index (χ1n) is 48.5. The van der Waals surface area contributed by atoms with Gasteiger partial charge in [-0.25, -0.2) is 61.5 Å². The average molecular weight is 2010 g/mol. The van der Waals surface area contributed by atoms with Crippen molar-refractivity contribution in [2.45, 2.75) is 153 Å². The molecule has 4 aliphatic carbocycles. The van der Waals surface area contributed by atoms with Crippen LogP contribution in [0.4, 0.5) is 61.5 Å². The number of carbonyl (C=O) groups excluding carboxylic acids is 5. The van der Waals surface area contributed by atoms with Gasteiger partial charge in [-0.2, -0.15) is 0 Å². The van der Waals surface area contributed by atoms with Gasteiger partial charge in [-0.3, -0.25) is 24.0 Å². The van der Waals surface area contributed by atoms with Gasteiger partial charge in [0, 0.05) is 140 Å². The van der Waals surface area contributed by atoms with Gasteiger partial charge in [0.25, 0.3) is 0 Å². The number of halogens is 14. The highest BCUT2D eigenvalue weighted by atomic mass is 19.2. The molecule has 30 heteroatoms. The van der Waals surface area contributed by atoms with Crippen molar-refractivity contribution in [1.29, 1.82) is 0 Å². The van der Waals surface area contributed by atoms with Gasteiger partial charge in [-0.1, -0.05) is 54.6 Å². The lowest BCUT2D eigenvalue weighted by Crippen LogP contribution is -2.53. The molecule has 10 unspecified atom stereocenters. The van der Waals surface area contributed by atoms with Crippen molar-refractivity contribution in [1.82, 2.24) is 24.5 Å². The average Bonchev–Trinajstić information content (AvgIpc) is 1.64. The predicted molar refractivity (Wildman–Crippen MR) is 519 cm³/mol. The number of hydrogen-bond donors (Lipinski definition) is 5. The maximum Gasteiger partial charge on any atom is 0.220 e. The first-order valence-corrected chi connectivity index (χ1v) is 48.5. The molecule has 10 atom stereocenters. The van der Waals surface area contributed by atoms with Crippen LogP contribution >= 0.6 is 0 Å². The number of aliphatic hydroxyl groups is 5. The number of fused-ring (bicyclic) bond motifs is 10. The van der Waals surface area contributed by atoms with Crippen molar-refractivity contribution < 1.29 is 116 Å². The third-order valence-electron chi connectivity index (χ3n) is 30.7. The van der Waals surface area contributed by atoms with Crippen LogP contribution in [0.15, 0.2) is 212 Å². The van der Waals surface area contributed by atoms with Gasteiger partial charge in [0.2, 0.25) is 29.5 Å². The van der Waals surface area contributed by atoms with E-state index in [0.29, 0.717) is 113 Å². The van der Waals surface area contributed by atoms with Crippen LogP contribution in [0.25, 0.3) is 27.9 Å². The number of nitrogens with zero attached hydrogens (tertiary/aromatic N) is 5. The summed E-state index contributed by atoms with van der Waals surface area (Å²) in [4.78, 5) is 71.5. The van der Waals surface area contributed by atoms with Gasteiger partial charge in [0.05, 0.1) is 34.3 Å². The summed E-state index contributed by atoms with van der Waals surface area (Å²) >= 11 is 0. The quantitative estimate of drug-likeness (QED) is 0.0609. The summed E-state index contributed by atoms with van der Waals surface area (Å²) in [5, 5.41) is 48.2. The summed E-state index contributed by atoms with van der Waals surface area (Å²) in [6.07, 6.45) is 16.9. The maximum absolute atomic E-state index is 14.5. The second kappa shape index (κ2) is 42.9. The van der Waals surface area contributed by atoms with E-state index in [2.05, 4.69) is 12.1 Å². The second-order valence-corrected chi connectivity index (χ2v) is 38.8. The number of aliphatic hydroxyl groups excluding tert-OH is 5. The molecular weight excluding hydrogens is 1890 g/mol. The Labute approximate surface area is 831 Å². The molecule has 0 radical (unpaired) electrons. The molecule has 0 fully saturated rings. The molecule has 6 heterocycles. The van der Waals surface area contributed by atoms with E-state index >= 15 is 0 Å². The zero-order chi connectivity index (χ0) is 104. The fourth-order valence-electron chi connectivity index (χ4n) is 24.6. The zero-order valence-electron chi connectivity index (χ0n) is 80.8. The second-order valence-electron chi connectivity index (χ2n) is 38.8. The van der Waals surface area contributed by atoms with Gasteiger partial charge in [-0.15, -0.1) is 0 Å². The van der Waals surface area contributed by atoms with Crippen molar-refractivity contribution in [3.63, 3.8) is 0 Å². The van der Waals surface area contributed by atoms with Gasteiger partial charge in [0.1, 0.15) is 75.6 Å². The van der Waals surface area contributed by atoms with E-state index in [0.717, 1.165) is 144 Å². The van der Waals surface area contributed by atoms with Crippen LogP contribution in [0.2, 0.25) is 0 Å². The third kappa shape index (κ3) is 19.5. The highest BCUT2D eigenvalue weighted by Crippen LogP contribution is 2.59. The Bertz CT molecular complexity index is 6730. The molecule has 16 nitrogen and oxygen atoms in total. The van der Waals surface area contributed by atoms with Crippen LogP contribution in [0.5, 0.6) is 5.75 Å². The molecule has 5 spiro atoms. The van der Waals surface area contributed by atoms with Crippen molar-refractivity contribution >= 4 is 57.4 Å². The number of rotatable bonds is 15. The van der Waals surface area contributed by atoms with E-state index < -0.39 is 115 Å². The summed E-state index contributed by atoms with van der Waals surface area (Å²) in [6.45, 7) is 9.25. The first kappa shape index (κ1) is 105. The Hall–Kier alpha value is -13.1. The predicted octanol–water partition coefficient (Wildman–Crippen LogP) is 20.6. The summed E-state index contributed by atoms with van der Waals surface area (Å²) in [6, 6.07) is 41.7. The standard InChI is InChI=1S/C23H21F4NO2.C23H22F3NO3.C23H22F3NO2.2C23H23F2NO2/c1-13(30)28-12-15(18-9-17(24)4-5-20(18)25)11-23(28)16(6-7-29)3-2-14-8-21(26)22(27)10-19(14)23;1-13-7-18(25)9-20-22(13)30-12-16(5-6-28)23(20)10-15(11-27(23)14(2)29)19-8-17(24)3-4-21(19)26;1-14(29)27-13-16(20-10-18(24)6-7-22(20)26)12-23(27)17(8-9-28)4-2-15-3-5-19(25)11-21(15)23;2*1-15(28)26-14-17(20-12-19(24)8-9-22(20)25)13-23(26)18(10-11-27)7-6-16-4-2-3-5-21(16)23/h4-5,8-11,16,29H,2-3,6-7,12H2,1H3;3-4,7-10,16,28H,5-6,11-12H2,1-2H3;3,5-7,10-12,17,28H,2,4,8-9,13H2,1H3;2*2-5,8-9,12-13,18,27H,6-7,10-11,14H2,1H3. The normalized spacial score (nSPS) is 23.2. The van der Waals surface area contributed by atoms with Crippen LogP contribution in [0.3, 0.4) is 0 Å². The minimum Gasteiger partial charge on any atom is -0.493 e. The number of ether oxygens (including phenoxy) is 1. The summed E-state index contributed by atoms with van der Waals surface area (Å²) in [7, 11) is 0. The molecule has 0 saturated heterocycles. The summed E-state index contributed by atoms with van der Waals surface area (Å²) in [5.74, 6) is -10.0. The molecule has 760 valence electrons. The van der Waals surface area contributed by atoms with Gasteiger partial charge in [0.15, 0.2) is 11.6 Å². The number of aryl methyl sites for hydroxylation is 5. The lowest BCUT2D eigenvalue weighted by atomic mass is 9.67. The minimum absolute atomic E-state index is 0.00390. The molecule has 10 aliphatic rings. The van der Waals surface area contributed by atoms with E-state index in [1.54, 1.807) is 45.9 Å². The molecule has 20 rings (SSSR count). The number of benzene rings is 10. The molecular formula is C115H111F14N5O11. The smallest absolute Gasteiger partial charge is 0.220 e. The van der Waals surface area contributed by atoms with E-state index in [1.807, 2.05) is 48.6 Å². The Balaban J connectivity index is 0.000000130. The van der Waals surface area contributed by atoms with Crippen LogP contribution in [0.1, 0.15) is 176 Å². The Morgan fingerprint density at radius 1 is 0.283 bits per heavy atom. The summed E-state index contributed by atoms with van der Waals surface area (Å²) in [5.41, 5.74) is 6.18. The van der Waals surface area contributed by atoms with Crippen LogP contribution in [-0.2, 0) is 77.4 Å². The van der Waals surface area contributed by atoms with Gasteiger partial charge in [-0.05, 0) is 350 Å². The molecule has 10 aromatic carbocycles. The van der Waals surface area contributed by atoms with Crippen molar-refractivity contribution in [3.05, 3.63) is 377 Å². The van der Waals surface area contributed by atoms with Crippen molar-refractivity contribution in [3.8, 4) is 5.75 Å². The van der Waals surface area contributed by atoms with Crippen LogP contribution < -0.4 is 4.74 Å². The van der Waals surface area contributed by atoms with E-state index in [1.165, 1.54) is 80.8 Å². The maximum atomic E-state index is 14.5. The molecule has 0 saturated carbocycles. The molecule has 0 aromatic heterocycles.